The monoisotopic (exact) mass is 707 g/mol. The Labute approximate surface area is 303 Å². The Hall–Kier alpha value is -5.13. The molecule has 3 aromatic rings. The second-order valence-corrected chi connectivity index (χ2v) is 13.6. The summed E-state index contributed by atoms with van der Waals surface area (Å²) in [6.45, 7) is 4.36. The number of hydrogen-bond donors (Lipinski definition) is 2. The average Bonchev–Trinajstić information content (AvgIpc) is 3.85. The number of fused-ring (bicyclic) bond motifs is 5. The number of hydrogen-bond acceptors (Lipinski definition) is 9. The minimum Gasteiger partial charge on any atom is -0.463 e. The van der Waals surface area contributed by atoms with E-state index in [1.165, 1.54) is 0 Å². The second-order valence-electron chi connectivity index (χ2n) is 13.6. The van der Waals surface area contributed by atoms with Gasteiger partial charge >= 0.3 is 11.9 Å². The number of carbonyl (C=O) groups is 5. The van der Waals surface area contributed by atoms with E-state index in [9.17, 15) is 24.0 Å². The van der Waals surface area contributed by atoms with Gasteiger partial charge in [0.25, 0.3) is 11.8 Å². The van der Waals surface area contributed by atoms with E-state index in [0.717, 1.165) is 23.1 Å². The first-order chi connectivity index (χ1) is 25.2. The third kappa shape index (κ3) is 7.85. The maximum atomic E-state index is 12.9. The Balaban J connectivity index is 0.905. The lowest BCUT2D eigenvalue weighted by atomic mass is 9.77. The molecule has 3 amide bonds. The number of nitrogens with one attached hydrogen (secondary N) is 2. The van der Waals surface area contributed by atoms with Gasteiger partial charge in [0, 0.05) is 19.5 Å². The summed E-state index contributed by atoms with van der Waals surface area (Å²) in [5.41, 5.74) is 2.58. The quantitative estimate of drug-likeness (QED) is 0.0685. The van der Waals surface area contributed by atoms with E-state index in [4.69, 9.17) is 14.3 Å². The zero-order chi connectivity index (χ0) is 36.7. The molecule has 3 aromatic carbocycles. The van der Waals surface area contributed by atoms with Gasteiger partial charge in [0.15, 0.2) is 0 Å². The summed E-state index contributed by atoms with van der Waals surface area (Å²) in [5.74, 6) is -3.67. The number of esters is 1. The first-order valence-electron chi connectivity index (χ1n) is 18.0. The molecule has 2 aliphatic carbocycles. The molecule has 0 radical (unpaired) electrons. The fourth-order valence-electron chi connectivity index (χ4n) is 7.60. The Bertz CT molecular complexity index is 1640. The summed E-state index contributed by atoms with van der Waals surface area (Å²) >= 11 is 0. The number of imide groups is 1. The van der Waals surface area contributed by atoms with Crippen molar-refractivity contribution in [3.05, 3.63) is 120 Å². The van der Waals surface area contributed by atoms with E-state index in [-0.39, 0.29) is 37.2 Å². The van der Waals surface area contributed by atoms with Crippen LogP contribution in [-0.4, -0.2) is 66.6 Å². The minimum absolute atomic E-state index is 0.00167. The Morgan fingerprint density at radius 1 is 0.750 bits per heavy atom. The van der Waals surface area contributed by atoms with Crippen molar-refractivity contribution < 1.29 is 38.3 Å². The third-order valence-electron chi connectivity index (χ3n) is 10.2. The van der Waals surface area contributed by atoms with Crippen LogP contribution in [0.15, 0.2) is 103 Å². The van der Waals surface area contributed by atoms with Crippen molar-refractivity contribution in [2.75, 3.05) is 19.7 Å². The van der Waals surface area contributed by atoms with Crippen LogP contribution in [0.5, 0.6) is 0 Å². The fraction of sp³-hybridized carbons (Fsp3) is 0.390. The van der Waals surface area contributed by atoms with Crippen LogP contribution in [0, 0.1) is 23.7 Å². The second kappa shape index (κ2) is 16.5. The number of benzene rings is 3. The van der Waals surface area contributed by atoms with Crippen LogP contribution in [0.25, 0.3) is 0 Å². The summed E-state index contributed by atoms with van der Waals surface area (Å²) < 4.78 is 11.1. The number of allylic oxidation sites excluding steroid dienone is 2. The molecule has 52 heavy (non-hydrogen) atoms. The van der Waals surface area contributed by atoms with Crippen molar-refractivity contribution in [2.45, 2.75) is 57.3 Å². The summed E-state index contributed by atoms with van der Waals surface area (Å²) in [5, 5.41) is 7.27. The molecular formula is C41H45N3O8. The third-order valence-corrected chi connectivity index (χ3v) is 10.2. The normalized spacial score (nSPS) is 21.5. The lowest BCUT2D eigenvalue weighted by molar-refractivity contribution is -0.199. The molecule has 11 nitrogen and oxygen atoms in total. The van der Waals surface area contributed by atoms with Gasteiger partial charge in [0.1, 0.15) is 12.2 Å². The standard InChI is InChI=1S/C41H45N3O8/c1-27(51-34(45)20-21-35(46)52-44-39(48)36-29-18-19-30(26-29)37(36)40(44)49)22-25-50-28(2)38(47)42-23-24-43-41(31-12-6-3-7-13-31,32-14-8-4-9-15-32)33-16-10-5-11-17-33/h3-19,27-30,36-37,43H,20-26H2,1-2H3,(H,42,47). The van der Waals surface area contributed by atoms with Gasteiger partial charge in [-0.2, -0.15) is 0 Å². The number of carbonyl (C=O) groups excluding carboxylic acids is 5. The van der Waals surface area contributed by atoms with Crippen molar-refractivity contribution in [3.63, 3.8) is 0 Å². The molecule has 6 atom stereocenters. The Morgan fingerprint density at radius 2 is 1.25 bits per heavy atom. The topological polar surface area (TPSA) is 140 Å². The zero-order valence-corrected chi connectivity index (χ0v) is 29.4. The molecule has 1 saturated heterocycles. The first-order valence-corrected chi connectivity index (χ1v) is 18.0. The summed E-state index contributed by atoms with van der Waals surface area (Å²) in [6, 6.07) is 30.7. The molecule has 6 unspecified atom stereocenters. The number of nitrogens with zero attached hydrogens (tertiary/aromatic N) is 1. The van der Waals surface area contributed by atoms with Crippen molar-refractivity contribution in [3.8, 4) is 0 Å². The van der Waals surface area contributed by atoms with Gasteiger partial charge in [-0.25, -0.2) is 4.79 Å². The molecule has 11 heteroatoms. The van der Waals surface area contributed by atoms with Crippen LogP contribution in [0.2, 0.25) is 0 Å². The van der Waals surface area contributed by atoms with E-state index in [0.29, 0.717) is 24.6 Å². The summed E-state index contributed by atoms with van der Waals surface area (Å²) in [6.07, 6.45) is 3.13. The van der Waals surface area contributed by atoms with E-state index in [1.807, 2.05) is 66.7 Å². The van der Waals surface area contributed by atoms with Gasteiger partial charge in [0.05, 0.1) is 36.8 Å². The Kier molecular flexibility index (Phi) is 11.6. The highest BCUT2D eigenvalue weighted by atomic mass is 16.7. The van der Waals surface area contributed by atoms with Gasteiger partial charge in [-0.3, -0.25) is 24.5 Å². The SMILES string of the molecule is CC(CCOC(C)C(=O)NCCNC(c1ccccc1)(c1ccccc1)c1ccccc1)OC(=O)CCC(=O)ON1C(=O)C2C3C=CC(C3)C2C1=O. The van der Waals surface area contributed by atoms with Gasteiger partial charge in [-0.15, -0.1) is 5.06 Å². The van der Waals surface area contributed by atoms with Crippen molar-refractivity contribution >= 4 is 29.7 Å². The Morgan fingerprint density at radius 3 is 1.77 bits per heavy atom. The van der Waals surface area contributed by atoms with Crippen LogP contribution >= 0.6 is 0 Å². The molecule has 6 rings (SSSR count). The van der Waals surface area contributed by atoms with Crippen LogP contribution in [0.1, 0.15) is 56.2 Å². The fourth-order valence-corrected chi connectivity index (χ4v) is 7.60. The molecule has 2 bridgehead atoms. The van der Waals surface area contributed by atoms with Crippen LogP contribution in [0.3, 0.4) is 0 Å². The van der Waals surface area contributed by atoms with Gasteiger partial charge in [-0.1, -0.05) is 103 Å². The lowest BCUT2D eigenvalue weighted by Crippen LogP contribution is -2.48. The molecule has 1 saturated carbocycles. The molecule has 1 aliphatic heterocycles. The highest BCUT2D eigenvalue weighted by Crippen LogP contribution is 2.52. The van der Waals surface area contributed by atoms with Crippen molar-refractivity contribution in [1.29, 1.82) is 0 Å². The van der Waals surface area contributed by atoms with Crippen molar-refractivity contribution in [2.24, 2.45) is 23.7 Å². The largest absolute Gasteiger partial charge is 0.463 e. The first kappa shape index (κ1) is 36.7. The van der Waals surface area contributed by atoms with E-state index in [1.54, 1.807) is 13.8 Å². The number of ether oxygens (including phenoxy) is 2. The minimum atomic E-state index is -0.851. The highest BCUT2D eigenvalue weighted by Gasteiger charge is 2.60. The maximum Gasteiger partial charge on any atom is 0.333 e. The summed E-state index contributed by atoms with van der Waals surface area (Å²) in [7, 11) is 0. The molecule has 3 aliphatic rings. The molecule has 0 aromatic heterocycles. The number of amides is 3. The predicted octanol–water partition coefficient (Wildman–Crippen LogP) is 4.46. The number of hydroxylamine groups is 2. The van der Waals surface area contributed by atoms with Gasteiger partial charge < -0.3 is 19.6 Å². The van der Waals surface area contributed by atoms with Gasteiger partial charge in [0.2, 0.25) is 5.91 Å². The zero-order valence-electron chi connectivity index (χ0n) is 29.4. The van der Waals surface area contributed by atoms with Crippen LogP contribution < -0.4 is 10.6 Å². The molecule has 0 spiro atoms. The van der Waals surface area contributed by atoms with Crippen molar-refractivity contribution in [1.82, 2.24) is 15.7 Å². The van der Waals surface area contributed by atoms with Gasteiger partial charge in [-0.05, 0) is 48.8 Å². The van der Waals surface area contributed by atoms with Crippen LogP contribution in [0.4, 0.5) is 0 Å². The molecule has 2 fully saturated rings. The average molecular weight is 708 g/mol. The molecule has 272 valence electrons. The van der Waals surface area contributed by atoms with E-state index >= 15 is 0 Å². The highest BCUT2D eigenvalue weighted by molar-refractivity contribution is 6.06. The predicted molar refractivity (Wildman–Crippen MR) is 191 cm³/mol. The van der Waals surface area contributed by atoms with Crippen LogP contribution in [-0.2, 0) is 43.8 Å². The lowest BCUT2D eigenvalue weighted by Gasteiger charge is -2.37. The molecular weight excluding hydrogens is 662 g/mol. The molecule has 1 heterocycles. The van der Waals surface area contributed by atoms with E-state index < -0.39 is 53.3 Å². The smallest absolute Gasteiger partial charge is 0.333 e. The molecule has 2 N–H and O–H groups in total. The summed E-state index contributed by atoms with van der Waals surface area (Å²) in [4.78, 5) is 68.1. The number of rotatable bonds is 17. The maximum absolute atomic E-state index is 12.9. The van der Waals surface area contributed by atoms with E-state index in [2.05, 4.69) is 47.0 Å².